The number of hydrogen-bond acceptors (Lipinski definition) is 1. The quantitative estimate of drug-likeness (QED) is 0.0986. The van der Waals surface area contributed by atoms with Crippen molar-refractivity contribution in [3.63, 3.8) is 0 Å². The number of nitrogens with zero attached hydrogens (tertiary/aromatic N) is 1. The molecule has 2 aromatic heterocycles. The van der Waals surface area contributed by atoms with Crippen molar-refractivity contribution in [1.29, 1.82) is 0 Å². The Labute approximate surface area is 620 Å². The van der Waals surface area contributed by atoms with Gasteiger partial charge in [-0.15, -0.1) is 0 Å². The molecule has 0 saturated carbocycles. The Balaban J connectivity index is 0.918. The zero-order valence-electron chi connectivity index (χ0n) is 59.3. The van der Waals surface area contributed by atoms with Gasteiger partial charge in [0.05, 0.1) is 11.0 Å². The van der Waals surface area contributed by atoms with Crippen molar-refractivity contribution in [3.8, 4) is 117 Å². The summed E-state index contributed by atoms with van der Waals surface area (Å²) in [5.41, 5.74) is 33.2. The molecule has 18 aromatic carbocycles. The lowest BCUT2D eigenvalue weighted by molar-refractivity contribution is 0.661. The van der Waals surface area contributed by atoms with Crippen LogP contribution >= 0.6 is 0 Å². The summed E-state index contributed by atoms with van der Waals surface area (Å²) in [4.78, 5) is 0. The van der Waals surface area contributed by atoms with Gasteiger partial charge in [-0.3, -0.25) is 0 Å². The summed E-state index contributed by atoms with van der Waals surface area (Å²) in [6.45, 7) is 4.78. The van der Waals surface area contributed by atoms with Gasteiger partial charge >= 0.3 is 0 Å². The van der Waals surface area contributed by atoms with Crippen molar-refractivity contribution in [2.45, 2.75) is 32.1 Å². The summed E-state index contributed by atoms with van der Waals surface area (Å²) in [5.74, 6) is 0. The molecule has 0 fully saturated rings. The van der Waals surface area contributed by atoms with Crippen LogP contribution in [0.5, 0.6) is 0 Å². The van der Waals surface area contributed by atoms with Gasteiger partial charge < -0.3 is 8.98 Å². The highest BCUT2D eigenvalue weighted by molar-refractivity contribution is 6.38. The van der Waals surface area contributed by atoms with Crippen molar-refractivity contribution in [2.75, 3.05) is 0 Å². The van der Waals surface area contributed by atoms with E-state index in [-0.39, 0.29) is 5.41 Å². The Morgan fingerprint density at radius 2 is 0.701 bits per heavy atom. The monoisotopic (exact) mass is 1360 g/mol. The summed E-state index contributed by atoms with van der Waals surface area (Å²) >= 11 is 0. The number of aryl methyl sites for hydroxylation is 1. The SMILES string of the molecule is CC1(C)c2ccccc2-c2cc3c4ccccc4n(-c4ccc(-c5c(-c6ccccc6)c(-c6cccc(-c7ccc8c(c7)oc7ccccc78)c6)c6c7c8c(c9c(-c%10ccccc%10)c(-c%10ccccc%10)c(-c%10ccccc%10)c(-c%10ccccc%10)c9c9cccc(c6c5-c5ccccc5)c89)=CCC7)cc4)c3cc21. The average molecular weight is 1360 g/mol. The minimum atomic E-state index is -0.168. The largest absolute Gasteiger partial charge is 0.456 e. The minimum absolute atomic E-state index is 0.168. The number of fused-ring (bicyclic) bond motifs is 15. The predicted octanol–water partition coefficient (Wildman–Crippen LogP) is 28.1. The van der Waals surface area contributed by atoms with Crippen LogP contribution in [-0.2, 0) is 11.8 Å². The summed E-state index contributed by atoms with van der Waals surface area (Å²) < 4.78 is 9.19. The van der Waals surface area contributed by atoms with E-state index in [9.17, 15) is 0 Å². The standard InChI is InChI=1S/C105H69NO/c1-105(2)85-51-24-21-44-75(85)83-62-84-76-45-22-25-52-87(76)106(88(84)63-86(83)105)74-57-54-70(55-58-74)94-93(66-34-13-5-14-35-66)98(73-43-27-42-71(60-73)72-56-59-78-77-46-23-26-53-89(77)107-90(78)61-72)104-82-50-29-48-80-100(82)99-79(47-28-49-81(99)103(104)97(94)69-40-19-8-20-41-69)101-95(67-36-15-6-16-37-67)91(64-30-9-3-10-31-64)92(65-32-11-4-12-33-65)96(102(80)101)68-38-17-7-18-39-68/h3-28,30-49,51-63H,29,50H2,1-2H3. The number of aromatic nitrogens is 1. The summed E-state index contributed by atoms with van der Waals surface area (Å²) in [6, 6.07) is 132. The van der Waals surface area contributed by atoms with Crippen LogP contribution in [0.3, 0.4) is 0 Å². The van der Waals surface area contributed by atoms with Crippen LogP contribution < -0.4 is 5.22 Å². The predicted molar refractivity (Wildman–Crippen MR) is 453 cm³/mol. The van der Waals surface area contributed by atoms with Crippen LogP contribution in [0.1, 0.15) is 37.0 Å². The molecule has 0 radical (unpaired) electrons. The maximum atomic E-state index is 6.67. The van der Waals surface area contributed by atoms with Gasteiger partial charge in [-0.25, -0.2) is 0 Å². The molecule has 0 bridgehead atoms. The molecule has 20 aromatic rings. The molecule has 2 aliphatic rings. The number of hydrogen-bond donors (Lipinski definition) is 0. The smallest absolute Gasteiger partial charge is 0.136 e. The third-order valence-corrected chi connectivity index (χ3v) is 23.8. The molecule has 0 saturated heterocycles. The first-order valence-corrected chi connectivity index (χ1v) is 37.6. The third kappa shape index (κ3) is 9.13. The fourth-order valence-corrected chi connectivity index (χ4v) is 19.3. The van der Waals surface area contributed by atoms with Crippen molar-refractivity contribution in [1.82, 2.24) is 4.57 Å². The summed E-state index contributed by atoms with van der Waals surface area (Å²) in [7, 11) is 0. The van der Waals surface area contributed by atoms with E-state index >= 15 is 0 Å². The Bertz CT molecular complexity index is 7130. The molecule has 2 heterocycles. The van der Waals surface area contributed by atoms with E-state index in [2.05, 4.69) is 376 Å². The molecule has 500 valence electrons. The van der Waals surface area contributed by atoms with Gasteiger partial charge in [-0.05, 0) is 244 Å². The Morgan fingerprint density at radius 1 is 0.262 bits per heavy atom. The zero-order chi connectivity index (χ0) is 70.6. The van der Waals surface area contributed by atoms with E-state index in [1.807, 2.05) is 0 Å². The van der Waals surface area contributed by atoms with Crippen molar-refractivity contribution in [3.05, 3.63) is 374 Å². The molecule has 0 N–H and O–H groups in total. The molecule has 0 amide bonds. The lowest BCUT2D eigenvalue weighted by Crippen LogP contribution is -2.16. The number of benzene rings is 18. The first-order chi connectivity index (χ1) is 52.9. The van der Waals surface area contributed by atoms with Crippen molar-refractivity contribution >= 4 is 92.9 Å². The van der Waals surface area contributed by atoms with E-state index in [0.29, 0.717) is 0 Å². The lowest BCUT2D eigenvalue weighted by atomic mass is 9.72. The van der Waals surface area contributed by atoms with Crippen molar-refractivity contribution < 1.29 is 4.42 Å². The average Bonchev–Trinajstić information content (AvgIpc) is 1.47. The van der Waals surface area contributed by atoms with E-state index < -0.39 is 0 Å². The lowest BCUT2D eigenvalue weighted by Gasteiger charge is -2.31. The first-order valence-electron chi connectivity index (χ1n) is 37.6. The molecule has 2 nitrogen and oxygen atoms in total. The van der Waals surface area contributed by atoms with Crippen molar-refractivity contribution in [2.24, 2.45) is 0 Å². The van der Waals surface area contributed by atoms with Gasteiger partial charge in [0.25, 0.3) is 0 Å². The minimum Gasteiger partial charge on any atom is -0.456 e. The van der Waals surface area contributed by atoms with Gasteiger partial charge in [0.1, 0.15) is 11.2 Å². The highest BCUT2D eigenvalue weighted by atomic mass is 16.3. The molecular formula is C105H69NO. The van der Waals surface area contributed by atoms with Gasteiger partial charge in [-0.2, -0.15) is 0 Å². The fourth-order valence-electron chi connectivity index (χ4n) is 19.3. The maximum absolute atomic E-state index is 6.67. The summed E-state index contributed by atoms with van der Waals surface area (Å²) in [5, 5.41) is 16.2. The van der Waals surface area contributed by atoms with E-state index in [4.69, 9.17) is 4.42 Å². The molecule has 22 rings (SSSR count). The second kappa shape index (κ2) is 23.8. The van der Waals surface area contributed by atoms with Crippen LogP contribution in [0.2, 0.25) is 0 Å². The van der Waals surface area contributed by atoms with Crippen LogP contribution in [0.25, 0.3) is 210 Å². The summed E-state index contributed by atoms with van der Waals surface area (Å²) in [6.07, 6.45) is 4.30. The molecule has 2 heteroatoms. The highest BCUT2D eigenvalue weighted by Gasteiger charge is 2.38. The van der Waals surface area contributed by atoms with Crippen LogP contribution in [0, 0.1) is 0 Å². The van der Waals surface area contributed by atoms with E-state index in [1.165, 1.54) is 170 Å². The zero-order valence-corrected chi connectivity index (χ0v) is 59.3. The highest BCUT2D eigenvalue weighted by Crippen LogP contribution is 2.59. The number of para-hydroxylation sites is 2. The van der Waals surface area contributed by atoms with Crippen LogP contribution in [0.4, 0.5) is 0 Å². The topological polar surface area (TPSA) is 18.1 Å². The van der Waals surface area contributed by atoms with Gasteiger partial charge in [0, 0.05) is 32.6 Å². The van der Waals surface area contributed by atoms with Gasteiger partial charge in [0.15, 0.2) is 0 Å². The molecule has 2 aliphatic carbocycles. The third-order valence-electron chi connectivity index (χ3n) is 23.8. The molecule has 0 atom stereocenters. The van der Waals surface area contributed by atoms with Crippen LogP contribution in [0.15, 0.2) is 356 Å². The van der Waals surface area contributed by atoms with Gasteiger partial charge in [-0.1, -0.05) is 317 Å². The second-order valence-corrected chi connectivity index (χ2v) is 29.8. The first kappa shape index (κ1) is 61.1. The fraction of sp³-hybridized carbons (Fsp3) is 0.0476. The maximum Gasteiger partial charge on any atom is 0.136 e. The molecule has 107 heavy (non-hydrogen) atoms. The number of furan rings is 1. The molecule has 0 spiro atoms. The Hall–Kier alpha value is -13.4. The van der Waals surface area contributed by atoms with E-state index in [0.717, 1.165) is 68.3 Å². The van der Waals surface area contributed by atoms with Gasteiger partial charge in [0.2, 0.25) is 0 Å². The van der Waals surface area contributed by atoms with E-state index in [1.54, 1.807) is 0 Å². The number of rotatable bonds is 10. The Morgan fingerprint density at radius 3 is 1.31 bits per heavy atom. The van der Waals surface area contributed by atoms with Crippen LogP contribution in [-0.4, -0.2) is 4.57 Å². The Kier molecular flexibility index (Phi) is 13.6. The molecule has 0 unspecified atom stereocenters. The molecule has 0 aliphatic heterocycles. The second-order valence-electron chi connectivity index (χ2n) is 29.8. The normalized spacial score (nSPS) is 13.0. The molecular weight excluding hydrogens is 1290 g/mol.